The van der Waals surface area contributed by atoms with Crippen LogP contribution in [0.15, 0.2) is 61.1 Å². The molecular weight excluding hydrogens is 438 g/mol. The standard InChI is InChI=1S/C27H27N7O/c1-3-34-23-7-5-4-6-20(23)21-16-19(8-10-24(21)34)9-11-25(35)32-12-14-33(15-13-32)27-22-17-30-31(2)26(22)28-18-29-27/h4-11,16-18H,3,12-15H2,1-2H3/b11-9+. The number of hydrogen-bond donors (Lipinski definition) is 0. The second-order valence-electron chi connectivity index (χ2n) is 8.89. The summed E-state index contributed by atoms with van der Waals surface area (Å²) in [4.78, 5) is 25.8. The lowest BCUT2D eigenvalue weighted by atomic mass is 10.1. The molecular formula is C27H27N7O. The molecule has 0 N–H and O–H groups in total. The van der Waals surface area contributed by atoms with Crippen LogP contribution in [-0.2, 0) is 18.4 Å². The maximum Gasteiger partial charge on any atom is 0.246 e. The first-order valence-electron chi connectivity index (χ1n) is 12.0. The van der Waals surface area contributed by atoms with E-state index in [4.69, 9.17) is 0 Å². The first-order chi connectivity index (χ1) is 17.1. The van der Waals surface area contributed by atoms with Crippen molar-refractivity contribution in [2.24, 2.45) is 7.05 Å². The Hall–Kier alpha value is -4.20. The average molecular weight is 466 g/mol. The summed E-state index contributed by atoms with van der Waals surface area (Å²) < 4.78 is 4.09. The molecule has 0 spiro atoms. The van der Waals surface area contributed by atoms with Gasteiger partial charge >= 0.3 is 0 Å². The van der Waals surface area contributed by atoms with E-state index >= 15 is 0 Å². The number of rotatable bonds is 4. The van der Waals surface area contributed by atoms with Crippen LogP contribution in [0.5, 0.6) is 0 Å². The maximum atomic E-state index is 12.9. The smallest absolute Gasteiger partial charge is 0.246 e. The van der Waals surface area contributed by atoms with Crippen molar-refractivity contribution in [2.75, 3.05) is 31.1 Å². The van der Waals surface area contributed by atoms with Crippen molar-refractivity contribution < 1.29 is 4.79 Å². The van der Waals surface area contributed by atoms with Gasteiger partial charge in [-0.2, -0.15) is 5.10 Å². The number of benzene rings is 2. The van der Waals surface area contributed by atoms with Crippen molar-refractivity contribution in [3.63, 3.8) is 0 Å². The molecule has 8 heteroatoms. The van der Waals surface area contributed by atoms with E-state index in [1.54, 1.807) is 23.3 Å². The molecule has 1 aliphatic rings. The number of aryl methyl sites for hydroxylation is 2. The lowest BCUT2D eigenvalue weighted by Crippen LogP contribution is -2.48. The van der Waals surface area contributed by atoms with E-state index < -0.39 is 0 Å². The highest BCUT2D eigenvalue weighted by atomic mass is 16.2. The van der Waals surface area contributed by atoms with Gasteiger partial charge in [0.1, 0.15) is 12.1 Å². The number of anilines is 1. The SMILES string of the molecule is CCn1c2ccccc2c2cc(/C=C/C(=O)N3CCN(c4ncnc5c4cnn5C)CC3)ccc21. The van der Waals surface area contributed by atoms with E-state index in [1.165, 1.54) is 21.8 Å². The van der Waals surface area contributed by atoms with Gasteiger partial charge < -0.3 is 14.4 Å². The van der Waals surface area contributed by atoms with Gasteiger partial charge in [0, 0.05) is 67.7 Å². The van der Waals surface area contributed by atoms with Crippen LogP contribution >= 0.6 is 0 Å². The topological polar surface area (TPSA) is 72.1 Å². The Morgan fingerprint density at radius 2 is 1.77 bits per heavy atom. The number of hydrogen-bond acceptors (Lipinski definition) is 5. The third kappa shape index (κ3) is 3.62. The molecule has 35 heavy (non-hydrogen) atoms. The van der Waals surface area contributed by atoms with E-state index in [0.717, 1.165) is 42.0 Å². The van der Waals surface area contributed by atoms with Crippen LogP contribution in [0.25, 0.3) is 38.9 Å². The first-order valence-corrected chi connectivity index (χ1v) is 12.0. The minimum atomic E-state index is 0.0370. The van der Waals surface area contributed by atoms with E-state index in [-0.39, 0.29) is 5.91 Å². The number of fused-ring (bicyclic) bond motifs is 4. The monoisotopic (exact) mass is 465 g/mol. The van der Waals surface area contributed by atoms with Crippen LogP contribution in [0, 0.1) is 0 Å². The number of piperazine rings is 1. The van der Waals surface area contributed by atoms with E-state index in [2.05, 4.69) is 73.9 Å². The number of nitrogens with zero attached hydrogens (tertiary/aromatic N) is 7. The Morgan fingerprint density at radius 3 is 2.60 bits per heavy atom. The molecule has 176 valence electrons. The summed E-state index contributed by atoms with van der Waals surface area (Å²) in [7, 11) is 1.88. The zero-order valence-electron chi connectivity index (χ0n) is 19.9. The predicted molar refractivity (Wildman–Crippen MR) is 139 cm³/mol. The third-order valence-corrected chi connectivity index (χ3v) is 6.93. The van der Waals surface area contributed by atoms with E-state index in [1.807, 2.05) is 18.0 Å². The molecule has 4 heterocycles. The molecule has 0 aliphatic carbocycles. The van der Waals surface area contributed by atoms with Gasteiger partial charge in [-0.15, -0.1) is 0 Å². The second-order valence-corrected chi connectivity index (χ2v) is 8.89. The minimum absolute atomic E-state index is 0.0370. The summed E-state index contributed by atoms with van der Waals surface area (Å²) in [5, 5.41) is 7.71. The first kappa shape index (κ1) is 21.3. The lowest BCUT2D eigenvalue weighted by molar-refractivity contribution is -0.126. The molecule has 1 saturated heterocycles. The van der Waals surface area contributed by atoms with Crippen molar-refractivity contribution in [3.05, 3.63) is 66.6 Å². The van der Waals surface area contributed by atoms with Crippen LogP contribution in [0.2, 0.25) is 0 Å². The number of carbonyl (C=O) groups excluding carboxylic acids is 1. The number of para-hydroxylation sites is 1. The molecule has 0 unspecified atom stereocenters. The summed E-state index contributed by atoms with van der Waals surface area (Å²) in [5.41, 5.74) is 4.31. The van der Waals surface area contributed by atoms with Gasteiger partial charge in [-0.3, -0.25) is 9.48 Å². The summed E-state index contributed by atoms with van der Waals surface area (Å²) in [5.74, 6) is 0.917. The highest BCUT2D eigenvalue weighted by Gasteiger charge is 2.23. The van der Waals surface area contributed by atoms with Gasteiger partial charge in [0.15, 0.2) is 5.65 Å². The van der Waals surface area contributed by atoms with Crippen molar-refractivity contribution >= 4 is 50.6 Å². The molecule has 8 nitrogen and oxygen atoms in total. The van der Waals surface area contributed by atoms with Crippen molar-refractivity contribution in [2.45, 2.75) is 13.5 Å². The Kier molecular flexibility index (Phi) is 5.21. The van der Waals surface area contributed by atoms with Crippen LogP contribution in [-0.4, -0.2) is 61.3 Å². The predicted octanol–water partition coefficient (Wildman–Crippen LogP) is 3.85. The molecule has 1 fully saturated rings. The van der Waals surface area contributed by atoms with Crippen LogP contribution in [0.1, 0.15) is 12.5 Å². The van der Waals surface area contributed by atoms with Crippen molar-refractivity contribution in [1.82, 2.24) is 29.2 Å². The molecule has 0 atom stereocenters. The van der Waals surface area contributed by atoms with Gasteiger partial charge in [0.2, 0.25) is 5.91 Å². The van der Waals surface area contributed by atoms with E-state index in [0.29, 0.717) is 13.1 Å². The Balaban J connectivity index is 1.17. The molecule has 5 aromatic rings. The van der Waals surface area contributed by atoms with E-state index in [9.17, 15) is 4.79 Å². The Labute approximate surface area is 203 Å². The summed E-state index contributed by atoms with van der Waals surface area (Å²) >= 11 is 0. The fourth-order valence-corrected chi connectivity index (χ4v) is 5.13. The maximum absolute atomic E-state index is 12.9. The molecule has 0 radical (unpaired) electrons. The Morgan fingerprint density at radius 1 is 0.971 bits per heavy atom. The van der Waals surface area contributed by atoms with Crippen LogP contribution < -0.4 is 4.90 Å². The van der Waals surface area contributed by atoms with Gasteiger partial charge in [-0.1, -0.05) is 24.3 Å². The van der Waals surface area contributed by atoms with Crippen LogP contribution in [0.4, 0.5) is 5.82 Å². The zero-order valence-corrected chi connectivity index (χ0v) is 19.9. The van der Waals surface area contributed by atoms with Gasteiger partial charge in [0.05, 0.1) is 11.6 Å². The largest absolute Gasteiger partial charge is 0.352 e. The molecule has 1 amide bonds. The number of aromatic nitrogens is 5. The molecule has 0 bridgehead atoms. The van der Waals surface area contributed by atoms with Gasteiger partial charge in [-0.05, 0) is 36.8 Å². The lowest BCUT2D eigenvalue weighted by Gasteiger charge is -2.35. The minimum Gasteiger partial charge on any atom is -0.352 e. The number of carbonyl (C=O) groups is 1. The van der Waals surface area contributed by atoms with Gasteiger partial charge in [0.25, 0.3) is 0 Å². The average Bonchev–Trinajstić information content (AvgIpc) is 3.44. The fraction of sp³-hybridized carbons (Fsp3) is 0.259. The Bertz CT molecular complexity index is 1590. The van der Waals surface area contributed by atoms with Crippen LogP contribution in [0.3, 0.4) is 0 Å². The molecule has 0 saturated carbocycles. The summed E-state index contributed by atoms with van der Waals surface area (Å²) in [6.45, 7) is 5.84. The molecule has 2 aromatic carbocycles. The molecule has 6 rings (SSSR count). The highest BCUT2D eigenvalue weighted by Crippen LogP contribution is 2.30. The number of amides is 1. The summed E-state index contributed by atoms with van der Waals surface area (Å²) in [6.07, 6.45) is 7.00. The highest BCUT2D eigenvalue weighted by molar-refractivity contribution is 6.08. The molecule has 3 aromatic heterocycles. The summed E-state index contributed by atoms with van der Waals surface area (Å²) in [6, 6.07) is 14.9. The zero-order chi connectivity index (χ0) is 23.9. The van der Waals surface area contributed by atoms with Crippen molar-refractivity contribution in [1.29, 1.82) is 0 Å². The second kappa shape index (κ2) is 8.54. The quantitative estimate of drug-likeness (QED) is 0.377. The molecule has 1 aliphatic heterocycles. The fourth-order valence-electron chi connectivity index (χ4n) is 5.13. The van der Waals surface area contributed by atoms with Crippen molar-refractivity contribution in [3.8, 4) is 0 Å². The van der Waals surface area contributed by atoms with Gasteiger partial charge in [-0.25, -0.2) is 9.97 Å². The normalized spacial score (nSPS) is 14.7. The third-order valence-electron chi connectivity index (χ3n) is 6.93.